The number of nitrogen functional groups attached to an aromatic ring is 1. The van der Waals surface area contributed by atoms with Crippen molar-refractivity contribution >= 4 is 29.1 Å². The Morgan fingerprint density at radius 2 is 2.21 bits per heavy atom. The van der Waals surface area contributed by atoms with Crippen molar-refractivity contribution in [2.75, 3.05) is 29.7 Å². The molecule has 0 amide bonds. The van der Waals surface area contributed by atoms with Crippen LogP contribution in [-0.2, 0) is 4.74 Å². The maximum Gasteiger partial charge on any atom is 0.340 e. The molecule has 0 saturated heterocycles. The van der Waals surface area contributed by atoms with Gasteiger partial charge in [-0.1, -0.05) is 6.92 Å². The largest absolute Gasteiger partial charge is 0.465 e. The lowest BCUT2D eigenvalue weighted by atomic mass is 10.1. The molecular weight excluding hydrogens is 260 g/mol. The van der Waals surface area contributed by atoms with E-state index in [1.807, 2.05) is 24.8 Å². The molecule has 0 heterocycles. The SMILES string of the molecule is CCSCC(C)Nc1cc(C)c(N)c(C(=O)OC)c1. The maximum absolute atomic E-state index is 11.7. The Kier molecular flexibility index (Phi) is 6.02. The molecule has 4 nitrogen and oxygen atoms in total. The summed E-state index contributed by atoms with van der Waals surface area (Å²) in [5, 5.41) is 3.38. The van der Waals surface area contributed by atoms with E-state index < -0.39 is 5.97 Å². The van der Waals surface area contributed by atoms with Gasteiger partial charge in [0.15, 0.2) is 0 Å². The lowest BCUT2D eigenvalue weighted by Gasteiger charge is -2.17. The highest BCUT2D eigenvalue weighted by atomic mass is 32.2. The quantitative estimate of drug-likeness (QED) is 0.620. The van der Waals surface area contributed by atoms with Crippen LogP contribution >= 0.6 is 11.8 Å². The smallest absolute Gasteiger partial charge is 0.340 e. The van der Waals surface area contributed by atoms with Crippen LogP contribution in [0.2, 0.25) is 0 Å². The molecule has 1 rings (SSSR count). The molecule has 1 aromatic carbocycles. The van der Waals surface area contributed by atoms with Gasteiger partial charge >= 0.3 is 5.97 Å². The number of aryl methyl sites for hydroxylation is 1. The number of carbonyl (C=O) groups is 1. The molecule has 0 aliphatic rings. The molecule has 19 heavy (non-hydrogen) atoms. The van der Waals surface area contributed by atoms with Crippen molar-refractivity contribution in [1.29, 1.82) is 0 Å². The van der Waals surface area contributed by atoms with Crippen molar-refractivity contribution in [2.24, 2.45) is 0 Å². The van der Waals surface area contributed by atoms with Gasteiger partial charge < -0.3 is 15.8 Å². The van der Waals surface area contributed by atoms with Gasteiger partial charge in [-0.25, -0.2) is 4.79 Å². The molecule has 0 aliphatic heterocycles. The third kappa shape index (κ3) is 4.35. The number of rotatable bonds is 6. The summed E-state index contributed by atoms with van der Waals surface area (Å²) < 4.78 is 4.75. The van der Waals surface area contributed by atoms with Crippen LogP contribution in [0.5, 0.6) is 0 Å². The number of benzene rings is 1. The van der Waals surface area contributed by atoms with Crippen LogP contribution in [0.25, 0.3) is 0 Å². The van der Waals surface area contributed by atoms with E-state index >= 15 is 0 Å². The fourth-order valence-corrected chi connectivity index (χ4v) is 2.45. The highest BCUT2D eigenvalue weighted by Crippen LogP contribution is 2.24. The zero-order valence-electron chi connectivity index (χ0n) is 11.9. The molecule has 0 fully saturated rings. The van der Waals surface area contributed by atoms with Crippen molar-refractivity contribution in [3.8, 4) is 0 Å². The minimum atomic E-state index is -0.403. The second kappa shape index (κ2) is 7.28. The number of nitrogens with one attached hydrogen (secondary N) is 1. The molecule has 0 bridgehead atoms. The number of hydrogen-bond acceptors (Lipinski definition) is 5. The Bertz CT molecular complexity index is 449. The van der Waals surface area contributed by atoms with E-state index in [1.165, 1.54) is 7.11 Å². The third-order valence-corrected chi connectivity index (χ3v) is 3.92. The fraction of sp³-hybridized carbons (Fsp3) is 0.500. The number of anilines is 2. The standard InChI is InChI=1S/C14H22N2O2S/c1-5-19-8-10(3)16-11-6-9(2)13(15)12(7-11)14(17)18-4/h6-7,10,16H,5,8,15H2,1-4H3. The summed E-state index contributed by atoms with van der Waals surface area (Å²) in [6.07, 6.45) is 0. The van der Waals surface area contributed by atoms with Crippen LogP contribution in [0.3, 0.4) is 0 Å². The van der Waals surface area contributed by atoms with Crippen molar-refractivity contribution in [1.82, 2.24) is 0 Å². The van der Waals surface area contributed by atoms with Gasteiger partial charge in [-0.2, -0.15) is 11.8 Å². The molecule has 1 atom stereocenters. The molecule has 5 heteroatoms. The summed E-state index contributed by atoms with van der Waals surface area (Å²) in [6, 6.07) is 4.04. The van der Waals surface area contributed by atoms with Gasteiger partial charge in [0.05, 0.1) is 12.7 Å². The van der Waals surface area contributed by atoms with Gasteiger partial charge in [-0.15, -0.1) is 0 Å². The number of thioether (sulfide) groups is 1. The Labute approximate surface area is 119 Å². The van der Waals surface area contributed by atoms with E-state index in [4.69, 9.17) is 10.5 Å². The van der Waals surface area contributed by atoms with Crippen molar-refractivity contribution in [3.63, 3.8) is 0 Å². The first kappa shape index (κ1) is 15.7. The monoisotopic (exact) mass is 282 g/mol. The van der Waals surface area contributed by atoms with Crippen molar-refractivity contribution in [2.45, 2.75) is 26.8 Å². The van der Waals surface area contributed by atoms with Crippen LogP contribution in [-0.4, -0.2) is 30.6 Å². The van der Waals surface area contributed by atoms with E-state index in [9.17, 15) is 4.79 Å². The minimum absolute atomic E-state index is 0.332. The summed E-state index contributed by atoms with van der Waals surface area (Å²) in [5.74, 6) is 1.72. The van der Waals surface area contributed by atoms with Crippen LogP contribution in [0.15, 0.2) is 12.1 Å². The van der Waals surface area contributed by atoms with Gasteiger partial charge in [0.25, 0.3) is 0 Å². The van der Waals surface area contributed by atoms with Crippen LogP contribution in [0.4, 0.5) is 11.4 Å². The van der Waals surface area contributed by atoms with Gasteiger partial charge in [-0.05, 0) is 37.3 Å². The lowest BCUT2D eigenvalue weighted by Crippen LogP contribution is -2.19. The molecule has 106 valence electrons. The predicted octanol–water partition coefficient (Wildman–Crippen LogP) is 2.92. The van der Waals surface area contributed by atoms with Gasteiger partial charge in [0, 0.05) is 23.2 Å². The minimum Gasteiger partial charge on any atom is -0.465 e. The Morgan fingerprint density at radius 1 is 1.53 bits per heavy atom. The molecular formula is C14H22N2O2S. The summed E-state index contributed by atoms with van der Waals surface area (Å²) >= 11 is 1.88. The normalized spacial score (nSPS) is 12.0. The average Bonchev–Trinajstić information content (AvgIpc) is 2.39. The summed E-state index contributed by atoms with van der Waals surface area (Å²) in [4.78, 5) is 11.7. The van der Waals surface area contributed by atoms with Crippen LogP contribution in [0.1, 0.15) is 29.8 Å². The second-order valence-electron chi connectivity index (χ2n) is 4.45. The maximum atomic E-state index is 11.7. The number of hydrogen-bond donors (Lipinski definition) is 2. The topological polar surface area (TPSA) is 64.3 Å². The third-order valence-electron chi connectivity index (χ3n) is 2.78. The van der Waals surface area contributed by atoms with E-state index in [0.717, 1.165) is 22.8 Å². The predicted molar refractivity (Wildman–Crippen MR) is 83.0 cm³/mol. The molecule has 0 aromatic heterocycles. The lowest BCUT2D eigenvalue weighted by molar-refractivity contribution is 0.0602. The van der Waals surface area contributed by atoms with E-state index in [0.29, 0.717) is 17.3 Å². The zero-order valence-corrected chi connectivity index (χ0v) is 12.8. The van der Waals surface area contributed by atoms with Crippen molar-refractivity contribution < 1.29 is 9.53 Å². The number of methoxy groups -OCH3 is 1. The Balaban J connectivity index is 2.91. The first-order valence-corrected chi connectivity index (χ1v) is 7.47. The molecule has 1 unspecified atom stereocenters. The Morgan fingerprint density at radius 3 is 2.79 bits per heavy atom. The number of esters is 1. The van der Waals surface area contributed by atoms with E-state index in [2.05, 4.69) is 19.2 Å². The molecule has 0 aliphatic carbocycles. The first-order valence-electron chi connectivity index (χ1n) is 6.32. The summed E-state index contributed by atoms with van der Waals surface area (Å²) in [7, 11) is 1.36. The zero-order chi connectivity index (χ0) is 14.4. The number of ether oxygens (including phenoxy) is 1. The fourth-order valence-electron chi connectivity index (χ4n) is 1.78. The second-order valence-corrected chi connectivity index (χ2v) is 5.77. The average molecular weight is 282 g/mol. The highest BCUT2D eigenvalue weighted by molar-refractivity contribution is 7.99. The summed E-state index contributed by atoms with van der Waals surface area (Å²) in [5.41, 5.74) is 8.58. The number of carbonyl (C=O) groups excluding carboxylic acids is 1. The Hall–Kier alpha value is -1.36. The molecule has 0 radical (unpaired) electrons. The molecule has 0 spiro atoms. The molecule has 0 saturated carbocycles. The van der Waals surface area contributed by atoms with Crippen molar-refractivity contribution in [3.05, 3.63) is 23.3 Å². The van der Waals surface area contributed by atoms with Crippen LogP contribution < -0.4 is 11.1 Å². The molecule has 1 aromatic rings. The summed E-state index contributed by atoms with van der Waals surface area (Å²) in [6.45, 7) is 6.14. The van der Waals surface area contributed by atoms with Gasteiger partial charge in [-0.3, -0.25) is 0 Å². The van der Waals surface area contributed by atoms with E-state index in [-0.39, 0.29) is 0 Å². The number of nitrogens with two attached hydrogens (primary N) is 1. The first-order chi connectivity index (χ1) is 8.99. The highest BCUT2D eigenvalue weighted by Gasteiger charge is 2.14. The van der Waals surface area contributed by atoms with Crippen LogP contribution in [0, 0.1) is 6.92 Å². The van der Waals surface area contributed by atoms with Gasteiger partial charge in [0.1, 0.15) is 0 Å². The van der Waals surface area contributed by atoms with Gasteiger partial charge in [0.2, 0.25) is 0 Å². The molecule has 3 N–H and O–H groups in total. The van der Waals surface area contributed by atoms with E-state index in [1.54, 1.807) is 6.07 Å².